The highest BCUT2D eigenvalue weighted by Gasteiger charge is 2.03. The average Bonchev–Trinajstić information content (AvgIpc) is 2.67. The first-order valence-electron chi connectivity index (χ1n) is 5.44. The molecule has 0 spiro atoms. The van der Waals surface area contributed by atoms with E-state index in [0.29, 0.717) is 0 Å². The monoisotopic (exact) mass is 215 g/mol. The topological polar surface area (TPSA) is 14.2 Å². The molecule has 0 aliphatic heterocycles. The predicted molar refractivity (Wildman–Crippen MR) is 66.0 cm³/mol. The highest BCUT2D eigenvalue weighted by molar-refractivity contribution is 5.38. The van der Waals surface area contributed by atoms with Gasteiger partial charge in [0.2, 0.25) is 0 Å². The van der Waals surface area contributed by atoms with Crippen molar-refractivity contribution in [2.45, 2.75) is 13.3 Å². The summed E-state index contributed by atoms with van der Waals surface area (Å²) in [6.07, 6.45) is 3.01. The van der Waals surface area contributed by atoms with E-state index in [0.717, 1.165) is 12.2 Å². The molecule has 2 rings (SSSR count). The third-order valence-corrected chi connectivity index (χ3v) is 2.91. The van der Waals surface area contributed by atoms with E-state index < -0.39 is 0 Å². The van der Waals surface area contributed by atoms with E-state index in [1.807, 2.05) is 0 Å². The molecule has 16 heavy (non-hydrogen) atoms. The van der Waals surface area contributed by atoms with E-state index in [4.69, 9.17) is 4.74 Å². The van der Waals surface area contributed by atoms with Crippen LogP contribution in [-0.2, 0) is 13.5 Å². The molecule has 0 aliphatic rings. The normalized spacial score (nSPS) is 10.4. The van der Waals surface area contributed by atoms with Gasteiger partial charge in [-0.05, 0) is 36.2 Å². The summed E-state index contributed by atoms with van der Waals surface area (Å²) in [6.45, 7) is 2.06. The second-order valence-electron chi connectivity index (χ2n) is 4.09. The van der Waals surface area contributed by atoms with E-state index in [1.54, 1.807) is 7.11 Å². The summed E-state index contributed by atoms with van der Waals surface area (Å²) in [5.74, 6) is 0.965. The van der Waals surface area contributed by atoms with Gasteiger partial charge >= 0.3 is 0 Å². The van der Waals surface area contributed by atoms with Gasteiger partial charge in [-0.1, -0.05) is 12.1 Å². The molecule has 0 aliphatic carbocycles. The molecule has 2 aromatic rings. The number of benzene rings is 1. The minimum Gasteiger partial charge on any atom is -0.496 e. The molecule has 0 atom stereocenters. The van der Waals surface area contributed by atoms with Gasteiger partial charge in [-0.25, -0.2) is 0 Å². The first kappa shape index (κ1) is 10.8. The van der Waals surface area contributed by atoms with Crippen LogP contribution in [-0.4, -0.2) is 11.7 Å². The van der Waals surface area contributed by atoms with Crippen molar-refractivity contribution in [3.63, 3.8) is 0 Å². The molecule has 1 aromatic carbocycles. The van der Waals surface area contributed by atoms with Crippen molar-refractivity contribution in [1.82, 2.24) is 4.57 Å². The quantitative estimate of drug-likeness (QED) is 0.768. The van der Waals surface area contributed by atoms with E-state index in [9.17, 15) is 0 Å². The average molecular weight is 215 g/mol. The fourth-order valence-electron chi connectivity index (χ4n) is 1.86. The molecule has 2 heteroatoms. The maximum absolute atomic E-state index is 5.33. The van der Waals surface area contributed by atoms with Crippen LogP contribution in [0.2, 0.25) is 0 Å². The predicted octanol–water partition coefficient (Wildman–Crippen LogP) is 2.93. The molecule has 0 radical (unpaired) electrons. The van der Waals surface area contributed by atoms with Crippen LogP contribution in [0.1, 0.15) is 16.8 Å². The van der Waals surface area contributed by atoms with Crippen molar-refractivity contribution in [3.8, 4) is 5.75 Å². The van der Waals surface area contributed by atoms with Gasteiger partial charge in [0, 0.05) is 25.4 Å². The van der Waals surface area contributed by atoms with Crippen LogP contribution in [0, 0.1) is 6.92 Å². The summed E-state index contributed by atoms with van der Waals surface area (Å²) in [6, 6.07) is 10.6. The number of nitrogens with zero attached hydrogens (tertiary/aromatic N) is 1. The van der Waals surface area contributed by atoms with Crippen molar-refractivity contribution in [2.75, 3.05) is 7.11 Å². The zero-order valence-corrected chi connectivity index (χ0v) is 10.0. The van der Waals surface area contributed by atoms with Gasteiger partial charge in [0.1, 0.15) is 5.75 Å². The van der Waals surface area contributed by atoms with Crippen LogP contribution < -0.4 is 4.74 Å². The van der Waals surface area contributed by atoms with Crippen LogP contribution in [0.15, 0.2) is 36.5 Å². The summed E-state index contributed by atoms with van der Waals surface area (Å²) < 4.78 is 7.47. The number of methoxy groups -OCH3 is 1. The van der Waals surface area contributed by atoms with Gasteiger partial charge in [-0.3, -0.25) is 0 Å². The fourth-order valence-corrected chi connectivity index (χ4v) is 1.86. The molecule has 0 unspecified atom stereocenters. The first-order valence-corrected chi connectivity index (χ1v) is 5.44. The maximum atomic E-state index is 5.33. The molecule has 84 valence electrons. The molecular formula is C14H17NO. The summed E-state index contributed by atoms with van der Waals surface area (Å²) in [7, 11) is 3.79. The lowest BCUT2D eigenvalue weighted by Gasteiger charge is -2.08. The van der Waals surface area contributed by atoms with Gasteiger partial charge in [-0.2, -0.15) is 0 Å². The molecule has 0 N–H and O–H groups in total. The van der Waals surface area contributed by atoms with Crippen molar-refractivity contribution in [2.24, 2.45) is 7.05 Å². The number of aryl methyl sites for hydroxylation is 2. The Bertz CT molecular complexity index is 485. The minimum atomic E-state index is 0.945. The largest absolute Gasteiger partial charge is 0.496 e. The van der Waals surface area contributed by atoms with Crippen LogP contribution in [0.4, 0.5) is 0 Å². The smallest absolute Gasteiger partial charge is 0.122 e. The standard InChI is InChI=1S/C14H17NO/c1-11-6-7-12(10-14(11)16-3)9-13-5-4-8-15(13)2/h4-8,10H,9H2,1-3H3. The van der Waals surface area contributed by atoms with E-state index in [-0.39, 0.29) is 0 Å². The molecule has 0 saturated heterocycles. The zero-order chi connectivity index (χ0) is 11.5. The molecule has 1 aromatic heterocycles. The van der Waals surface area contributed by atoms with Gasteiger partial charge in [0.25, 0.3) is 0 Å². The molecule has 0 fully saturated rings. The molecule has 0 amide bonds. The van der Waals surface area contributed by atoms with Crippen LogP contribution in [0.5, 0.6) is 5.75 Å². The number of ether oxygens (including phenoxy) is 1. The first-order chi connectivity index (χ1) is 7.70. The second kappa shape index (κ2) is 4.44. The Balaban J connectivity index is 2.25. The van der Waals surface area contributed by atoms with Crippen molar-refractivity contribution < 1.29 is 4.74 Å². The number of hydrogen-bond acceptors (Lipinski definition) is 1. The summed E-state index contributed by atoms with van der Waals surface area (Å²) >= 11 is 0. The Kier molecular flexibility index (Phi) is 3.00. The summed E-state index contributed by atoms with van der Waals surface area (Å²) in [5.41, 5.74) is 3.77. The second-order valence-corrected chi connectivity index (χ2v) is 4.09. The summed E-state index contributed by atoms with van der Waals surface area (Å²) in [5, 5.41) is 0. The molecular weight excluding hydrogens is 198 g/mol. The molecule has 1 heterocycles. The Hall–Kier alpha value is -1.70. The van der Waals surface area contributed by atoms with Crippen molar-refractivity contribution >= 4 is 0 Å². The van der Waals surface area contributed by atoms with Gasteiger partial charge < -0.3 is 9.30 Å². The number of aromatic nitrogens is 1. The van der Waals surface area contributed by atoms with Crippen LogP contribution >= 0.6 is 0 Å². The molecule has 0 bridgehead atoms. The SMILES string of the molecule is COc1cc(Cc2cccn2C)ccc1C. The Labute approximate surface area is 96.5 Å². The lowest BCUT2D eigenvalue weighted by molar-refractivity contribution is 0.411. The lowest BCUT2D eigenvalue weighted by Crippen LogP contribution is -1.97. The van der Waals surface area contributed by atoms with E-state index in [1.165, 1.54) is 16.8 Å². The third-order valence-electron chi connectivity index (χ3n) is 2.91. The van der Waals surface area contributed by atoms with E-state index in [2.05, 4.69) is 55.1 Å². The summed E-state index contributed by atoms with van der Waals surface area (Å²) in [4.78, 5) is 0. The molecule has 0 saturated carbocycles. The number of hydrogen-bond donors (Lipinski definition) is 0. The molecule has 2 nitrogen and oxygen atoms in total. The number of rotatable bonds is 3. The third kappa shape index (κ3) is 2.11. The van der Waals surface area contributed by atoms with Crippen molar-refractivity contribution in [3.05, 3.63) is 53.3 Å². The Morgan fingerprint density at radius 2 is 2.06 bits per heavy atom. The van der Waals surface area contributed by atoms with Crippen molar-refractivity contribution in [1.29, 1.82) is 0 Å². The Morgan fingerprint density at radius 1 is 1.25 bits per heavy atom. The van der Waals surface area contributed by atoms with E-state index >= 15 is 0 Å². The van der Waals surface area contributed by atoms with Gasteiger partial charge in [0.15, 0.2) is 0 Å². The van der Waals surface area contributed by atoms with Gasteiger partial charge in [-0.15, -0.1) is 0 Å². The van der Waals surface area contributed by atoms with Crippen LogP contribution in [0.25, 0.3) is 0 Å². The zero-order valence-electron chi connectivity index (χ0n) is 10.0. The van der Waals surface area contributed by atoms with Crippen LogP contribution in [0.3, 0.4) is 0 Å². The highest BCUT2D eigenvalue weighted by atomic mass is 16.5. The van der Waals surface area contributed by atoms with Gasteiger partial charge in [0.05, 0.1) is 7.11 Å². The highest BCUT2D eigenvalue weighted by Crippen LogP contribution is 2.20. The fraction of sp³-hybridized carbons (Fsp3) is 0.286. The Morgan fingerprint density at radius 3 is 2.69 bits per heavy atom. The lowest BCUT2D eigenvalue weighted by atomic mass is 10.1. The maximum Gasteiger partial charge on any atom is 0.122 e. The minimum absolute atomic E-state index is 0.945.